The van der Waals surface area contributed by atoms with Gasteiger partial charge in [0, 0.05) is 37.2 Å². The predicted molar refractivity (Wildman–Crippen MR) is 117 cm³/mol. The average molecular weight is 421 g/mol. The van der Waals surface area contributed by atoms with Crippen LogP contribution in [0.4, 0.5) is 10.1 Å². The Morgan fingerprint density at radius 1 is 1.23 bits per heavy atom. The van der Waals surface area contributed by atoms with E-state index in [0.29, 0.717) is 12.3 Å². The molecule has 160 valence electrons. The highest BCUT2D eigenvalue weighted by atomic mass is 19.1. The zero-order valence-electron chi connectivity index (χ0n) is 17.9. The van der Waals surface area contributed by atoms with Crippen LogP contribution in [0.1, 0.15) is 23.2 Å². The maximum absolute atomic E-state index is 14.3. The largest absolute Gasteiger partial charge is 0.479 e. The fourth-order valence-electron chi connectivity index (χ4n) is 3.83. The number of hydrogen-bond acceptors (Lipinski definition) is 4. The van der Waals surface area contributed by atoms with Crippen LogP contribution < -0.4 is 10.1 Å². The van der Waals surface area contributed by atoms with Crippen LogP contribution in [0.3, 0.4) is 0 Å². The van der Waals surface area contributed by atoms with E-state index in [2.05, 4.69) is 15.4 Å². The Morgan fingerprint density at radius 3 is 2.68 bits per heavy atom. The van der Waals surface area contributed by atoms with Crippen LogP contribution in [0.2, 0.25) is 0 Å². The number of aromatic nitrogens is 4. The van der Waals surface area contributed by atoms with Gasteiger partial charge in [0.15, 0.2) is 5.65 Å². The SMILES string of the molecule is COc1nn(C)c2nc(C)c(CCC(=O)Nc3cc(-n4cccc4)ccc3F)c(C)c12. The molecule has 0 atom stereocenters. The summed E-state index contributed by atoms with van der Waals surface area (Å²) < 4.78 is 23.2. The van der Waals surface area contributed by atoms with E-state index >= 15 is 0 Å². The van der Waals surface area contributed by atoms with E-state index in [1.54, 1.807) is 23.9 Å². The van der Waals surface area contributed by atoms with E-state index in [-0.39, 0.29) is 18.0 Å². The van der Waals surface area contributed by atoms with Crippen LogP contribution in [-0.4, -0.2) is 32.3 Å². The van der Waals surface area contributed by atoms with Gasteiger partial charge < -0.3 is 14.6 Å². The number of rotatable bonds is 6. The number of nitrogens with one attached hydrogen (secondary N) is 1. The molecule has 4 aromatic rings. The first kappa shape index (κ1) is 20.6. The fourth-order valence-corrected chi connectivity index (χ4v) is 3.83. The van der Waals surface area contributed by atoms with Crippen LogP contribution in [0, 0.1) is 19.7 Å². The first-order valence-corrected chi connectivity index (χ1v) is 9.98. The lowest BCUT2D eigenvalue weighted by molar-refractivity contribution is -0.116. The average Bonchev–Trinajstić information content (AvgIpc) is 3.38. The monoisotopic (exact) mass is 421 g/mol. The van der Waals surface area contributed by atoms with Gasteiger partial charge in [-0.3, -0.25) is 4.79 Å². The number of amides is 1. The molecule has 1 amide bonds. The van der Waals surface area contributed by atoms with Crippen LogP contribution >= 0.6 is 0 Å². The van der Waals surface area contributed by atoms with Gasteiger partial charge in [-0.25, -0.2) is 14.1 Å². The third kappa shape index (κ3) is 3.88. The lowest BCUT2D eigenvalue weighted by atomic mass is 10.00. The van der Waals surface area contributed by atoms with Crippen molar-refractivity contribution in [2.24, 2.45) is 7.05 Å². The van der Waals surface area contributed by atoms with Gasteiger partial charge in [-0.1, -0.05) is 0 Å². The van der Waals surface area contributed by atoms with Crippen molar-refractivity contribution in [3.05, 3.63) is 65.4 Å². The number of methoxy groups -OCH3 is 1. The third-order valence-electron chi connectivity index (χ3n) is 5.44. The molecule has 0 saturated heterocycles. The van der Waals surface area contributed by atoms with Gasteiger partial charge in [-0.2, -0.15) is 0 Å². The van der Waals surface area contributed by atoms with Crippen LogP contribution in [-0.2, 0) is 18.3 Å². The maximum atomic E-state index is 14.3. The normalized spacial score (nSPS) is 11.1. The molecule has 1 N–H and O–H groups in total. The molecule has 0 fully saturated rings. The van der Waals surface area contributed by atoms with Gasteiger partial charge in [-0.05, 0) is 61.7 Å². The Labute approximate surface area is 179 Å². The number of fused-ring (bicyclic) bond motifs is 1. The molecule has 8 heteroatoms. The van der Waals surface area contributed by atoms with E-state index in [1.807, 2.05) is 50.0 Å². The van der Waals surface area contributed by atoms with Crippen molar-refractivity contribution in [1.29, 1.82) is 0 Å². The van der Waals surface area contributed by atoms with E-state index in [1.165, 1.54) is 6.07 Å². The molecule has 0 saturated carbocycles. The molecule has 4 rings (SSSR count). The van der Waals surface area contributed by atoms with E-state index in [0.717, 1.165) is 33.5 Å². The lowest BCUT2D eigenvalue weighted by Gasteiger charge is -2.12. The van der Waals surface area contributed by atoms with Crippen molar-refractivity contribution in [1.82, 2.24) is 19.3 Å². The van der Waals surface area contributed by atoms with E-state index < -0.39 is 5.82 Å². The molecule has 0 radical (unpaired) electrons. The molecule has 0 unspecified atom stereocenters. The number of nitrogens with zero attached hydrogens (tertiary/aromatic N) is 4. The molecule has 7 nitrogen and oxygen atoms in total. The number of anilines is 1. The summed E-state index contributed by atoms with van der Waals surface area (Å²) >= 11 is 0. The predicted octanol–water partition coefficient (Wildman–Crippen LogP) is 4.09. The molecular weight excluding hydrogens is 397 g/mol. The number of halogens is 1. The Balaban J connectivity index is 1.53. The third-order valence-corrected chi connectivity index (χ3v) is 5.44. The van der Waals surface area contributed by atoms with Crippen molar-refractivity contribution >= 4 is 22.6 Å². The minimum absolute atomic E-state index is 0.159. The summed E-state index contributed by atoms with van der Waals surface area (Å²) in [6.07, 6.45) is 4.40. The molecule has 0 aliphatic carbocycles. The minimum Gasteiger partial charge on any atom is -0.479 e. The topological polar surface area (TPSA) is 74.0 Å². The van der Waals surface area contributed by atoms with Gasteiger partial charge in [-0.15, -0.1) is 5.10 Å². The highest BCUT2D eigenvalue weighted by molar-refractivity contribution is 5.92. The summed E-state index contributed by atoms with van der Waals surface area (Å²) in [4.78, 5) is 17.2. The van der Waals surface area contributed by atoms with Crippen LogP contribution in [0.15, 0.2) is 42.7 Å². The number of hydrogen-bond donors (Lipinski definition) is 1. The molecule has 1 aromatic carbocycles. The number of aryl methyl sites for hydroxylation is 3. The number of carbonyl (C=O) groups is 1. The standard InChI is InChI=1S/C23H24FN5O2/c1-14-17(15(2)25-22-21(14)23(31-4)27-28(22)3)8-10-20(30)26-19-13-16(7-9-18(19)24)29-11-5-6-12-29/h5-7,9,11-13H,8,10H2,1-4H3,(H,26,30). The Kier molecular flexibility index (Phi) is 5.46. The van der Waals surface area contributed by atoms with Crippen molar-refractivity contribution in [2.75, 3.05) is 12.4 Å². The number of carbonyl (C=O) groups excluding carboxylic acids is 1. The highest BCUT2D eigenvalue weighted by Crippen LogP contribution is 2.30. The first-order chi connectivity index (χ1) is 14.9. The Morgan fingerprint density at radius 2 is 1.97 bits per heavy atom. The van der Waals surface area contributed by atoms with Crippen LogP contribution in [0.25, 0.3) is 16.7 Å². The van der Waals surface area contributed by atoms with Crippen molar-refractivity contribution in [3.8, 4) is 11.6 Å². The van der Waals surface area contributed by atoms with Crippen molar-refractivity contribution < 1.29 is 13.9 Å². The van der Waals surface area contributed by atoms with Gasteiger partial charge in [0.2, 0.25) is 11.8 Å². The second-order valence-corrected chi connectivity index (χ2v) is 7.43. The minimum atomic E-state index is -0.472. The molecular formula is C23H24FN5O2. The van der Waals surface area contributed by atoms with Gasteiger partial charge in [0.1, 0.15) is 5.82 Å². The molecule has 0 bridgehead atoms. The van der Waals surface area contributed by atoms with E-state index in [4.69, 9.17) is 4.74 Å². The summed E-state index contributed by atoms with van der Waals surface area (Å²) in [5.41, 5.74) is 4.46. The summed E-state index contributed by atoms with van der Waals surface area (Å²) in [6, 6.07) is 8.41. The number of ether oxygens (including phenoxy) is 1. The van der Waals surface area contributed by atoms with E-state index in [9.17, 15) is 9.18 Å². The molecule has 0 spiro atoms. The number of benzene rings is 1. The first-order valence-electron chi connectivity index (χ1n) is 9.98. The molecule has 31 heavy (non-hydrogen) atoms. The summed E-state index contributed by atoms with van der Waals surface area (Å²) in [6.45, 7) is 3.90. The van der Waals surface area contributed by atoms with Gasteiger partial charge in [0.25, 0.3) is 0 Å². The lowest BCUT2D eigenvalue weighted by Crippen LogP contribution is -2.14. The smallest absolute Gasteiger partial charge is 0.242 e. The van der Waals surface area contributed by atoms with Crippen molar-refractivity contribution in [3.63, 3.8) is 0 Å². The van der Waals surface area contributed by atoms with Crippen molar-refractivity contribution in [2.45, 2.75) is 26.7 Å². The Hall–Kier alpha value is -3.68. The number of pyridine rings is 1. The highest BCUT2D eigenvalue weighted by Gasteiger charge is 2.19. The van der Waals surface area contributed by atoms with Crippen LogP contribution in [0.5, 0.6) is 5.88 Å². The zero-order valence-corrected chi connectivity index (χ0v) is 17.9. The summed E-state index contributed by atoms with van der Waals surface area (Å²) in [5.74, 6) is -0.225. The second kappa shape index (κ2) is 8.22. The molecule has 0 aliphatic heterocycles. The van der Waals surface area contributed by atoms with Gasteiger partial charge >= 0.3 is 0 Å². The maximum Gasteiger partial charge on any atom is 0.242 e. The van der Waals surface area contributed by atoms with Gasteiger partial charge in [0.05, 0.1) is 18.2 Å². The molecule has 3 heterocycles. The fraction of sp³-hybridized carbons (Fsp3) is 0.261. The molecule has 0 aliphatic rings. The summed E-state index contributed by atoms with van der Waals surface area (Å²) in [7, 11) is 3.39. The zero-order chi connectivity index (χ0) is 22.1. The quantitative estimate of drug-likeness (QED) is 0.509. The Bertz CT molecular complexity index is 1260. The summed E-state index contributed by atoms with van der Waals surface area (Å²) in [5, 5.41) is 7.89. The second-order valence-electron chi connectivity index (χ2n) is 7.43. The molecule has 3 aromatic heterocycles.